The molecule has 2 N–H and O–H groups in total. The average Bonchev–Trinajstić information content (AvgIpc) is 2.46. The second-order valence-corrected chi connectivity index (χ2v) is 6.47. The third kappa shape index (κ3) is 4.68. The largest absolute Gasteiger partial charge is 0.508 e. The van der Waals surface area contributed by atoms with E-state index in [4.69, 9.17) is 5.11 Å². The molecule has 5 heteroatoms. The van der Waals surface area contributed by atoms with Crippen molar-refractivity contribution in [3.63, 3.8) is 0 Å². The van der Waals surface area contributed by atoms with Crippen LogP contribution in [0.15, 0.2) is 54.6 Å². The number of phenolic OH excluding ortho intramolecular Hbond substituents is 1. The Bertz CT molecular complexity index is 637. The standard InChI is InChI=1S/C15H17NO3S/c17-15-8-6-14(7-9-15)12-16-20(18,19)11-10-13-4-2-1-3-5-13/h1-9,16-17H,10-12H2. The summed E-state index contributed by atoms with van der Waals surface area (Å²) in [5, 5.41) is 9.16. The molecule has 0 aromatic heterocycles. The van der Waals surface area contributed by atoms with Gasteiger partial charge in [-0.3, -0.25) is 0 Å². The fourth-order valence-electron chi connectivity index (χ4n) is 1.78. The van der Waals surface area contributed by atoms with E-state index in [2.05, 4.69) is 4.72 Å². The molecule has 106 valence electrons. The minimum Gasteiger partial charge on any atom is -0.508 e. The zero-order chi connectivity index (χ0) is 14.4. The number of hydrogen-bond donors (Lipinski definition) is 2. The van der Waals surface area contributed by atoms with Crippen LogP contribution in [0.2, 0.25) is 0 Å². The highest BCUT2D eigenvalue weighted by molar-refractivity contribution is 7.89. The van der Waals surface area contributed by atoms with Crippen molar-refractivity contribution in [3.05, 3.63) is 65.7 Å². The van der Waals surface area contributed by atoms with Gasteiger partial charge >= 0.3 is 0 Å². The predicted molar refractivity (Wildman–Crippen MR) is 78.9 cm³/mol. The molecule has 0 fully saturated rings. The average molecular weight is 291 g/mol. The fourth-order valence-corrected chi connectivity index (χ4v) is 2.81. The molecule has 0 bridgehead atoms. The smallest absolute Gasteiger partial charge is 0.212 e. The van der Waals surface area contributed by atoms with E-state index in [1.807, 2.05) is 30.3 Å². The van der Waals surface area contributed by atoms with Crippen LogP contribution in [0.1, 0.15) is 11.1 Å². The third-order valence-electron chi connectivity index (χ3n) is 2.93. The topological polar surface area (TPSA) is 66.4 Å². The second kappa shape index (κ2) is 6.54. The zero-order valence-corrected chi connectivity index (χ0v) is 11.8. The molecule has 2 aromatic carbocycles. The minimum absolute atomic E-state index is 0.0646. The van der Waals surface area contributed by atoms with E-state index in [0.717, 1.165) is 11.1 Å². The van der Waals surface area contributed by atoms with Crippen molar-refractivity contribution in [1.29, 1.82) is 0 Å². The van der Waals surface area contributed by atoms with Crippen LogP contribution >= 0.6 is 0 Å². The van der Waals surface area contributed by atoms with Crippen LogP contribution in [0.25, 0.3) is 0 Å². The van der Waals surface area contributed by atoms with E-state index < -0.39 is 10.0 Å². The number of aromatic hydroxyl groups is 1. The van der Waals surface area contributed by atoms with Crippen molar-refractivity contribution < 1.29 is 13.5 Å². The van der Waals surface area contributed by atoms with Gasteiger partial charge in [-0.1, -0.05) is 42.5 Å². The molecular weight excluding hydrogens is 274 g/mol. The number of phenols is 1. The predicted octanol–water partition coefficient (Wildman–Crippen LogP) is 2.05. The first-order chi connectivity index (χ1) is 9.55. The van der Waals surface area contributed by atoms with Crippen LogP contribution in [0, 0.1) is 0 Å². The van der Waals surface area contributed by atoms with Gasteiger partial charge < -0.3 is 5.11 Å². The number of hydrogen-bond acceptors (Lipinski definition) is 3. The Kier molecular flexibility index (Phi) is 4.76. The summed E-state index contributed by atoms with van der Waals surface area (Å²) in [7, 11) is -3.30. The first-order valence-corrected chi connectivity index (χ1v) is 7.99. The van der Waals surface area contributed by atoms with Crippen molar-refractivity contribution in [2.24, 2.45) is 0 Å². The highest BCUT2D eigenvalue weighted by Gasteiger charge is 2.10. The van der Waals surface area contributed by atoms with E-state index >= 15 is 0 Å². The number of sulfonamides is 1. The van der Waals surface area contributed by atoms with Crippen molar-refractivity contribution in [1.82, 2.24) is 4.72 Å². The lowest BCUT2D eigenvalue weighted by molar-refractivity contribution is 0.475. The second-order valence-electron chi connectivity index (χ2n) is 4.54. The first-order valence-electron chi connectivity index (χ1n) is 6.34. The summed E-state index contributed by atoms with van der Waals surface area (Å²) in [5.41, 5.74) is 1.81. The van der Waals surface area contributed by atoms with Crippen molar-refractivity contribution in [2.75, 3.05) is 5.75 Å². The van der Waals surface area contributed by atoms with Gasteiger partial charge in [0.1, 0.15) is 5.75 Å². The van der Waals surface area contributed by atoms with Gasteiger partial charge in [-0.05, 0) is 29.7 Å². The van der Waals surface area contributed by atoms with Crippen molar-refractivity contribution in [3.8, 4) is 5.75 Å². The fraction of sp³-hybridized carbons (Fsp3) is 0.200. The summed E-state index contributed by atoms with van der Waals surface area (Å²) in [6, 6.07) is 16.0. The lowest BCUT2D eigenvalue weighted by Gasteiger charge is -2.07. The van der Waals surface area contributed by atoms with Gasteiger partial charge in [0.15, 0.2) is 0 Å². The molecule has 0 unspecified atom stereocenters. The van der Waals surface area contributed by atoms with Gasteiger partial charge in [0.2, 0.25) is 10.0 Å². The van der Waals surface area contributed by atoms with Crippen LogP contribution in [-0.4, -0.2) is 19.3 Å². The van der Waals surface area contributed by atoms with Crippen LogP contribution in [-0.2, 0) is 23.0 Å². The molecule has 2 rings (SSSR count). The van der Waals surface area contributed by atoms with E-state index in [9.17, 15) is 8.42 Å². The van der Waals surface area contributed by atoms with E-state index in [1.54, 1.807) is 12.1 Å². The van der Waals surface area contributed by atoms with Gasteiger partial charge in [-0.2, -0.15) is 0 Å². The summed E-state index contributed by atoms with van der Waals surface area (Å²) in [6.45, 7) is 0.234. The van der Waals surface area contributed by atoms with Crippen LogP contribution in [0.3, 0.4) is 0 Å². The summed E-state index contributed by atoms with van der Waals surface area (Å²) in [5.74, 6) is 0.232. The Morgan fingerprint density at radius 3 is 2.20 bits per heavy atom. The van der Waals surface area contributed by atoms with Gasteiger partial charge in [-0.15, -0.1) is 0 Å². The number of nitrogens with one attached hydrogen (secondary N) is 1. The summed E-state index contributed by atoms with van der Waals surface area (Å²) < 4.78 is 26.3. The normalized spacial score (nSPS) is 11.4. The van der Waals surface area contributed by atoms with E-state index in [-0.39, 0.29) is 18.0 Å². The summed E-state index contributed by atoms with van der Waals surface area (Å²) in [4.78, 5) is 0. The maximum atomic E-state index is 11.9. The lowest BCUT2D eigenvalue weighted by Crippen LogP contribution is -2.26. The minimum atomic E-state index is -3.30. The molecule has 0 spiro atoms. The third-order valence-corrected chi connectivity index (χ3v) is 4.26. The van der Waals surface area contributed by atoms with Gasteiger partial charge in [0.25, 0.3) is 0 Å². The molecule has 0 amide bonds. The molecule has 0 atom stereocenters. The SMILES string of the molecule is O=S(=O)(CCc1ccccc1)NCc1ccc(O)cc1. The Labute approximate surface area is 119 Å². The van der Waals surface area contributed by atoms with Gasteiger partial charge in [0, 0.05) is 6.54 Å². The molecule has 4 nitrogen and oxygen atoms in total. The van der Waals surface area contributed by atoms with Gasteiger partial charge in [0.05, 0.1) is 5.75 Å². The molecule has 0 radical (unpaired) electrons. The van der Waals surface area contributed by atoms with E-state index in [0.29, 0.717) is 6.42 Å². The first kappa shape index (κ1) is 14.6. The molecule has 0 aliphatic rings. The van der Waals surface area contributed by atoms with E-state index in [1.165, 1.54) is 12.1 Å². The Hall–Kier alpha value is -1.85. The number of benzene rings is 2. The van der Waals surface area contributed by atoms with Crippen molar-refractivity contribution in [2.45, 2.75) is 13.0 Å². The molecule has 0 saturated heterocycles. The molecule has 20 heavy (non-hydrogen) atoms. The van der Waals surface area contributed by atoms with Crippen LogP contribution < -0.4 is 4.72 Å². The maximum Gasteiger partial charge on any atom is 0.212 e. The monoisotopic (exact) mass is 291 g/mol. The molecule has 0 aliphatic heterocycles. The van der Waals surface area contributed by atoms with Crippen LogP contribution in [0.4, 0.5) is 0 Å². The zero-order valence-electron chi connectivity index (χ0n) is 11.0. The van der Waals surface area contributed by atoms with Crippen LogP contribution in [0.5, 0.6) is 5.75 Å². The summed E-state index contributed by atoms with van der Waals surface area (Å²) in [6.07, 6.45) is 0.492. The number of aryl methyl sites for hydroxylation is 1. The highest BCUT2D eigenvalue weighted by atomic mass is 32.2. The van der Waals surface area contributed by atoms with Gasteiger partial charge in [-0.25, -0.2) is 13.1 Å². The Balaban J connectivity index is 1.86. The molecule has 0 aliphatic carbocycles. The molecule has 0 saturated carbocycles. The Morgan fingerprint density at radius 1 is 0.900 bits per heavy atom. The van der Waals surface area contributed by atoms with Crippen molar-refractivity contribution >= 4 is 10.0 Å². The number of rotatable bonds is 6. The summed E-state index contributed by atoms with van der Waals surface area (Å²) >= 11 is 0. The Morgan fingerprint density at radius 2 is 1.55 bits per heavy atom. The molecular formula is C15H17NO3S. The maximum absolute atomic E-state index is 11.9. The quantitative estimate of drug-likeness (QED) is 0.856. The highest BCUT2D eigenvalue weighted by Crippen LogP contribution is 2.09. The molecule has 2 aromatic rings. The lowest BCUT2D eigenvalue weighted by atomic mass is 10.2. The molecule has 0 heterocycles.